The number of carbonyl (C=O) groups is 2. The summed E-state index contributed by atoms with van der Waals surface area (Å²) in [5, 5.41) is 0.913. The van der Waals surface area contributed by atoms with Crippen LogP contribution in [0.4, 0.5) is 0 Å². The molecule has 3 aromatic rings. The van der Waals surface area contributed by atoms with Gasteiger partial charge in [-0.15, -0.1) is 0 Å². The second kappa shape index (κ2) is 9.41. The monoisotopic (exact) mass is 465 g/mol. The summed E-state index contributed by atoms with van der Waals surface area (Å²) in [7, 11) is 0. The molecule has 1 aromatic heterocycles. The Hall–Kier alpha value is -3.48. The molecule has 34 heavy (non-hydrogen) atoms. The summed E-state index contributed by atoms with van der Waals surface area (Å²) < 4.78 is 22.8. The molecule has 0 saturated carbocycles. The number of aromatic amines is 1. The molecule has 4 rings (SSSR count). The van der Waals surface area contributed by atoms with Crippen molar-refractivity contribution in [1.29, 1.82) is 0 Å². The Kier molecular flexibility index (Phi) is 6.55. The molecule has 0 radical (unpaired) electrons. The number of aromatic nitrogens is 1. The Balaban J connectivity index is 1.84. The fourth-order valence-corrected chi connectivity index (χ4v) is 4.27. The van der Waals surface area contributed by atoms with Crippen molar-refractivity contribution < 1.29 is 28.5 Å². The van der Waals surface area contributed by atoms with Gasteiger partial charge in [0.05, 0.1) is 13.2 Å². The highest BCUT2D eigenvalue weighted by Gasteiger charge is 2.48. The fraction of sp³-hybridized carbons (Fsp3) is 0.407. The molecular formula is C27H31NO6. The zero-order valence-corrected chi connectivity index (χ0v) is 20.2. The molecule has 1 fully saturated rings. The number of H-pyrrole nitrogens is 1. The van der Waals surface area contributed by atoms with Gasteiger partial charge in [-0.2, -0.15) is 0 Å². The number of nitrogens with one attached hydrogen (secondary N) is 1. The lowest BCUT2D eigenvalue weighted by molar-refractivity contribution is -0.240. The average molecular weight is 466 g/mol. The van der Waals surface area contributed by atoms with Gasteiger partial charge in [-0.1, -0.05) is 38.1 Å². The lowest BCUT2D eigenvalue weighted by Gasteiger charge is -2.36. The first-order valence-corrected chi connectivity index (χ1v) is 11.6. The minimum absolute atomic E-state index is 0.350. The molecule has 1 aliphatic heterocycles. The molecule has 0 unspecified atom stereocenters. The van der Waals surface area contributed by atoms with E-state index in [0.29, 0.717) is 30.6 Å². The Bertz CT molecular complexity index is 1170. The van der Waals surface area contributed by atoms with Crippen molar-refractivity contribution in [2.45, 2.75) is 46.3 Å². The summed E-state index contributed by atoms with van der Waals surface area (Å²) in [4.78, 5) is 29.5. The molecular weight excluding hydrogens is 434 g/mol. The second-order valence-corrected chi connectivity index (χ2v) is 9.33. The van der Waals surface area contributed by atoms with E-state index in [2.05, 4.69) is 18.8 Å². The number of benzene rings is 2. The highest BCUT2D eigenvalue weighted by atomic mass is 16.7. The molecule has 1 atom stereocenters. The summed E-state index contributed by atoms with van der Waals surface area (Å²) in [6.07, 6.45) is 1.83. The largest absolute Gasteiger partial charge is 0.490 e. The van der Waals surface area contributed by atoms with Gasteiger partial charge in [-0.05, 0) is 42.2 Å². The summed E-state index contributed by atoms with van der Waals surface area (Å²) in [6, 6.07) is 13.3. The predicted octanol–water partition coefficient (Wildman–Crippen LogP) is 5.19. The van der Waals surface area contributed by atoms with Gasteiger partial charge in [-0.25, -0.2) is 0 Å². The third-order valence-electron chi connectivity index (χ3n) is 5.69. The van der Waals surface area contributed by atoms with Crippen molar-refractivity contribution in [3.05, 3.63) is 59.8 Å². The van der Waals surface area contributed by atoms with Gasteiger partial charge in [0.2, 0.25) is 0 Å². The first-order chi connectivity index (χ1) is 16.2. The summed E-state index contributed by atoms with van der Waals surface area (Å²) in [6.45, 7) is 10.1. The number of fused-ring (bicyclic) bond motifs is 1. The van der Waals surface area contributed by atoms with Crippen LogP contribution < -0.4 is 9.47 Å². The van der Waals surface area contributed by atoms with Crippen molar-refractivity contribution in [3.63, 3.8) is 0 Å². The van der Waals surface area contributed by atoms with Crippen LogP contribution in [0.1, 0.15) is 51.7 Å². The third-order valence-corrected chi connectivity index (χ3v) is 5.69. The molecule has 2 aromatic carbocycles. The van der Waals surface area contributed by atoms with Crippen LogP contribution in [0.5, 0.6) is 11.5 Å². The number of rotatable bonds is 8. The minimum Gasteiger partial charge on any atom is -0.490 e. The molecule has 1 N–H and O–H groups in total. The Morgan fingerprint density at radius 2 is 1.71 bits per heavy atom. The number of cyclic esters (lactones) is 2. The first kappa shape index (κ1) is 23.7. The van der Waals surface area contributed by atoms with Crippen LogP contribution in [0, 0.1) is 11.8 Å². The minimum atomic E-state index is -1.31. The summed E-state index contributed by atoms with van der Waals surface area (Å²) >= 11 is 0. The third kappa shape index (κ3) is 4.74. The van der Waals surface area contributed by atoms with Gasteiger partial charge < -0.3 is 23.9 Å². The Labute approximate surface area is 199 Å². The molecule has 7 nitrogen and oxygen atoms in total. The van der Waals surface area contributed by atoms with E-state index in [-0.39, 0.29) is 0 Å². The number of carbonyl (C=O) groups excluding carboxylic acids is 2. The topological polar surface area (TPSA) is 86.9 Å². The molecule has 7 heteroatoms. The molecule has 180 valence electrons. The SMILES string of the molecule is CCOc1cc([C@H](c2c[nH]c3ccccc23)C2C(=O)OC(C)(C)OC2=O)ccc1OCC(C)C. The molecule has 1 aliphatic rings. The highest BCUT2D eigenvalue weighted by molar-refractivity contribution is 5.99. The quantitative estimate of drug-likeness (QED) is 0.364. The van der Waals surface area contributed by atoms with Gasteiger partial charge in [0.15, 0.2) is 17.4 Å². The maximum absolute atomic E-state index is 13.1. The van der Waals surface area contributed by atoms with Crippen LogP contribution in [0.2, 0.25) is 0 Å². The van der Waals surface area contributed by atoms with Gasteiger partial charge in [0.25, 0.3) is 5.79 Å². The summed E-state index contributed by atoms with van der Waals surface area (Å²) in [5.74, 6) is -2.82. The van der Waals surface area contributed by atoms with Gasteiger partial charge in [-0.3, -0.25) is 9.59 Å². The lowest BCUT2D eigenvalue weighted by atomic mass is 9.80. The lowest BCUT2D eigenvalue weighted by Crippen LogP contribution is -2.48. The Morgan fingerprint density at radius 1 is 1.00 bits per heavy atom. The van der Waals surface area contributed by atoms with Crippen LogP contribution in [0.25, 0.3) is 10.9 Å². The van der Waals surface area contributed by atoms with Gasteiger partial charge in [0.1, 0.15) is 0 Å². The first-order valence-electron chi connectivity index (χ1n) is 11.6. The number of para-hydroxylation sites is 1. The molecule has 0 aliphatic carbocycles. The van der Waals surface area contributed by atoms with Crippen molar-refractivity contribution in [3.8, 4) is 11.5 Å². The average Bonchev–Trinajstić information content (AvgIpc) is 3.18. The maximum atomic E-state index is 13.1. The van der Waals surface area contributed by atoms with E-state index in [1.807, 2.05) is 55.6 Å². The van der Waals surface area contributed by atoms with E-state index < -0.39 is 29.6 Å². The van der Waals surface area contributed by atoms with E-state index in [9.17, 15) is 9.59 Å². The van der Waals surface area contributed by atoms with Crippen molar-refractivity contribution in [1.82, 2.24) is 4.98 Å². The van der Waals surface area contributed by atoms with Crippen LogP contribution >= 0.6 is 0 Å². The van der Waals surface area contributed by atoms with E-state index in [0.717, 1.165) is 22.0 Å². The number of hydrogen-bond acceptors (Lipinski definition) is 6. The van der Waals surface area contributed by atoms with Crippen molar-refractivity contribution in [2.75, 3.05) is 13.2 Å². The van der Waals surface area contributed by atoms with Crippen molar-refractivity contribution >= 4 is 22.8 Å². The van der Waals surface area contributed by atoms with E-state index in [1.165, 1.54) is 0 Å². The molecule has 0 amide bonds. The van der Waals surface area contributed by atoms with Crippen LogP contribution in [0.3, 0.4) is 0 Å². The van der Waals surface area contributed by atoms with Crippen LogP contribution in [0.15, 0.2) is 48.7 Å². The fourth-order valence-electron chi connectivity index (χ4n) is 4.27. The maximum Gasteiger partial charge on any atom is 0.324 e. The zero-order chi connectivity index (χ0) is 24.5. The number of ether oxygens (including phenoxy) is 4. The van der Waals surface area contributed by atoms with Crippen LogP contribution in [-0.4, -0.2) is 35.9 Å². The highest BCUT2D eigenvalue weighted by Crippen LogP contribution is 2.43. The standard InChI is InChI=1S/C27H31NO6/c1-6-31-22-13-17(11-12-21(22)32-15-16(2)3)23(19-14-28-20-10-8-7-9-18(19)20)24-25(29)33-27(4,5)34-26(24)30/h7-14,16,23-24,28H,6,15H2,1-5H3/t23-/m1/s1. The normalized spacial score (nSPS) is 16.9. The van der Waals surface area contributed by atoms with Gasteiger partial charge >= 0.3 is 11.9 Å². The van der Waals surface area contributed by atoms with E-state index in [1.54, 1.807) is 13.8 Å². The van der Waals surface area contributed by atoms with Crippen LogP contribution in [-0.2, 0) is 19.1 Å². The van der Waals surface area contributed by atoms with Gasteiger partial charge in [0, 0.05) is 36.9 Å². The molecule has 1 saturated heterocycles. The smallest absolute Gasteiger partial charge is 0.324 e. The number of esters is 2. The summed E-state index contributed by atoms with van der Waals surface area (Å²) in [5.41, 5.74) is 2.43. The molecule has 0 bridgehead atoms. The zero-order valence-electron chi connectivity index (χ0n) is 20.2. The second-order valence-electron chi connectivity index (χ2n) is 9.33. The van der Waals surface area contributed by atoms with E-state index >= 15 is 0 Å². The van der Waals surface area contributed by atoms with E-state index in [4.69, 9.17) is 18.9 Å². The predicted molar refractivity (Wildman–Crippen MR) is 128 cm³/mol. The van der Waals surface area contributed by atoms with Crippen molar-refractivity contribution in [2.24, 2.45) is 11.8 Å². The molecule has 2 heterocycles. The Morgan fingerprint density at radius 3 is 2.38 bits per heavy atom. The molecule has 0 spiro atoms. The number of hydrogen-bond donors (Lipinski definition) is 1.